The molecule has 2 rings (SSSR count). The summed E-state index contributed by atoms with van der Waals surface area (Å²) in [7, 11) is 1.73. The van der Waals surface area contributed by atoms with Crippen molar-refractivity contribution in [2.24, 2.45) is 12.8 Å². The van der Waals surface area contributed by atoms with Crippen molar-refractivity contribution in [1.29, 1.82) is 0 Å². The number of carbonyl (C=O) groups is 1. The molecule has 0 atom stereocenters. The van der Waals surface area contributed by atoms with Gasteiger partial charge < -0.3 is 16.2 Å². The molecule has 0 aliphatic heterocycles. The number of nitrogens with two attached hydrogens (primary N) is 1. The first-order chi connectivity index (χ1) is 9.10. The van der Waals surface area contributed by atoms with Crippen LogP contribution in [0.5, 0.6) is 0 Å². The monoisotopic (exact) mass is 260 g/mol. The van der Waals surface area contributed by atoms with Gasteiger partial charge in [0.05, 0.1) is 6.61 Å². The average molecular weight is 260 g/mol. The highest BCUT2D eigenvalue weighted by Crippen LogP contribution is 2.13. The Morgan fingerprint density at radius 3 is 2.58 bits per heavy atom. The van der Waals surface area contributed by atoms with Crippen LogP contribution >= 0.6 is 0 Å². The molecule has 0 radical (unpaired) electrons. The van der Waals surface area contributed by atoms with E-state index in [1.165, 1.54) is 4.68 Å². The van der Waals surface area contributed by atoms with Gasteiger partial charge in [-0.15, -0.1) is 0 Å². The lowest BCUT2D eigenvalue weighted by atomic mass is 10.1. The van der Waals surface area contributed by atoms with Gasteiger partial charge in [-0.05, 0) is 11.1 Å². The molecule has 0 unspecified atom stereocenters. The van der Waals surface area contributed by atoms with Crippen molar-refractivity contribution in [3.8, 4) is 0 Å². The number of aliphatic hydroxyl groups excluding tert-OH is 1. The van der Waals surface area contributed by atoms with Gasteiger partial charge >= 0.3 is 0 Å². The molecular formula is C13H16N4O2. The lowest BCUT2D eigenvalue weighted by molar-refractivity contribution is 0.100. The van der Waals surface area contributed by atoms with Gasteiger partial charge in [-0.3, -0.25) is 9.48 Å². The number of aryl methyl sites for hydroxylation is 1. The molecule has 1 aromatic heterocycles. The number of aliphatic hydroxyl groups is 1. The summed E-state index contributed by atoms with van der Waals surface area (Å²) in [6.07, 6.45) is 1.58. The Morgan fingerprint density at radius 2 is 2.00 bits per heavy atom. The maximum absolute atomic E-state index is 11.2. The first-order valence-corrected chi connectivity index (χ1v) is 5.86. The van der Waals surface area contributed by atoms with Crippen LogP contribution < -0.4 is 11.1 Å². The summed E-state index contributed by atoms with van der Waals surface area (Å²) in [5.74, 6) is -0.0348. The topological polar surface area (TPSA) is 93.2 Å². The fourth-order valence-electron chi connectivity index (χ4n) is 1.75. The van der Waals surface area contributed by atoms with Crippen molar-refractivity contribution in [2.75, 3.05) is 5.32 Å². The van der Waals surface area contributed by atoms with E-state index in [-0.39, 0.29) is 6.61 Å². The van der Waals surface area contributed by atoms with Crippen LogP contribution in [0.25, 0.3) is 0 Å². The number of rotatable bonds is 5. The molecule has 0 spiro atoms. The van der Waals surface area contributed by atoms with Crippen molar-refractivity contribution < 1.29 is 9.90 Å². The second kappa shape index (κ2) is 5.53. The van der Waals surface area contributed by atoms with E-state index in [9.17, 15) is 4.79 Å². The SMILES string of the molecule is Cn1cc(C(N)=O)c(NCc2ccc(CO)cc2)n1. The molecular weight excluding hydrogens is 244 g/mol. The Bertz CT molecular complexity index is 575. The van der Waals surface area contributed by atoms with E-state index in [0.29, 0.717) is 17.9 Å². The molecule has 0 saturated carbocycles. The maximum Gasteiger partial charge on any atom is 0.254 e. The van der Waals surface area contributed by atoms with Gasteiger partial charge in [0.25, 0.3) is 5.91 Å². The smallest absolute Gasteiger partial charge is 0.254 e. The number of benzene rings is 1. The highest BCUT2D eigenvalue weighted by molar-refractivity contribution is 5.97. The van der Waals surface area contributed by atoms with E-state index < -0.39 is 5.91 Å². The summed E-state index contributed by atoms with van der Waals surface area (Å²) < 4.78 is 1.54. The van der Waals surface area contributed by atoms with Gasteiger partial charge in [-0.1, -0.05) is 24.3 Å². The van der Waals surface area contributed by atoms with E-state index in [1.54, 1.807) is 13.2 Å². The molecule has 6 nitrogen and oxygen atoms in total. The zero-order valence-electron chi connectivity index (χ0n) is 10.6. The molecule has 1 amide bonds. The third-order valence-corrected chi connectivity index (χ3v) is 2.76. The van der Waals surface area contributed by atoms with Gasteiger partial charge in [-0.25, -0.2) is 0 Å². The van der Waals surface area contributed by atoms with Gasteiger partial charge in [0.2, 0.25) is 0 Å². The van der Waals surface area contributed by atoms with Crippen molar-refractivity contribution in [1.82, 2.24) is 9.78 Å². The lowest BCUT2D eigenvalue weighted by Crippen LogP contribution is -2.13. The maximum atomic E-state index is 11.2. The van der Waals surface area contributed by atoms with Gasteiger partial charge in [0, 0.05) is 19.8 Å². The number of primary amides is 1. The zero-order valence-corrected chi connectivity index (χ0v) is 10.6. The van der Waals surface area contributed by atoms with Crippen LogP contribution in [0.3, 0.4) is 0 Å². The lowest BCUT2D eigenvalue weighted by Gasteiger charge is -2.05. The summed E-state index contributed by atoms with van der Waals surface area (Å²) in [6, 6.07) is 7.52. The van der Waals surface area contributed by atoms with Crippen molar-refractivity contribution in [3.05, 3.63) is 47.2 Å². The number of anilines is 1. The van der Waals surface area contributed by atoms with Gasteiger partial charge in [-0.2, -0.15) is 5.10 Å². The quantitative estimate of drug-likeness (QED) is 0.734. The fourth-order valence-corrected chi connectivity index (χ4v) is 1.75. The van der Waals surface area contributed by atoms with Crippen LogP contribution in [0.4, 0.5) is 5.82 Å². The van der Waals surface area contributed by atoms with Crippen LogP contribution in [0.2, 0.25) is 0 Å². The number of carbonyl (C=O) groups excluding carboxylic acids is 1. The summed E-state index contributed by atoms with van der Waals surface area (Å²) in [4.78, 5) is 11.2. The van der Waals surface area contributed by atoms with Crippen LogP contribution in [0.1, 0.15) is 21.5 Å². The molecule has 4 N–H and O–H groups in total. The first-order valence-electron chi connectivity index (χ1n) is 5.86. The van der Waals surface area contributed by atoms with Crippen molar-refractivity contribution in [3.63, 3.8) is 0 Å². The van der Waals surface area contributed by atoms with E-state index in [4.69, 9.17) is 10.8 Å². The molecule has 6 heteroatoms. The highest BCUT2D eigenvalue weighted by Gasteiger charge is 2.12. The number of hydrogen-bond donors (Lipinski definition) is 3. The summed E-state index contributed by atoms with van der Waals surface area (Å²) in [5.41, 5.74) is 7.53. The molecule has 0 aliphatic carbocycles. The van der Waals surface area contributed by atoms with Crippen LogP contribution in [0.15, 0.2) is 30.5 Å². The van der Waals surface area contributed by atoms with Crippen molar-refractivity contribution in [2.45, 2.75) is 13.2 Å². The summed E-state index contributed by atoms with van der Waals surface area (Å²) >= 11 is 0. The highest BCUT2D eigenvalue weighted by atomic mass is 16.3. The minimum Gasteiger partial charge on any atom is -0.392 e. The van der Waals surface area contributed by atoms with Crippen LogP contribution in [-0.2, 0) is 20.2 Å². The number of nitrogens with one attached hydrogen (secondary N) is 1. The predicted molar refractivity (Wildman–Crippen MR) is 71.4 cm³/mol. The van der Waals surface area contributed by atoms with E-state index in [2.05, 4.69) is 10.4 Å². The molecule has 100 valence electrons. The van der Waals surface area contributed by atoms with Crippen LogP contribution in [-0.4, -0.2) is 20.8 Å². The van der Waals surface area contributed by atoms with E-state index in [0.717, 1.165) is 11.1 Å². The van der Waals surface area contributed by atoms with Crippen LogP contribution in [0, 0.1) is 0 Å². The molecule has 2 aromatic rings. The standard InChI is InChI=1S/C13H16N4O2/c1-17-7-11(12(14)19)13(16-17)15-6-9-2-4-10(8-18)5-3-9/h2-5,7,18H,6,8H2,1H3,(H2,14,19)(H,15,16). The number of amides is 1. The van der Waals surface area contributed by atoms with Gasteiger partial charge in [0.15, 0.2) is 5.82 Å². The Labute approximate surface area is 110 Å². The molecule has 19 heavy (non-hydrogen) atoms. The zero-order chi connectivity index (χ0) is 13.8. The molecule has 0 saturated heterocycles. The second-order valence-electron chi connectivity index (χ2n) is 4.26. The van der Waals surface area contributed by atoms with Crippen molar-refractivity contribution >= 4 is 11.7 Å². The Balaban J connectivity index is 2.07. The minimum absolute atomic E-state index is 0.0276. The Hall–Kier alpha value is -2.34. The normalized spacial score (nSPS) is 10.4. The third-order valence-electron chi connectivity index (χ3n) is 2.76. The second-order valence-corrected chi connectivity index (χ2v) is 4.26. The summed E-state index contributed by atoms with van der Waals surface area (Å²) in [5, 5.41) is 16.2. The Morgan fingerprint density at radius 1 is 1.37 bits per heavy atom. The minimum atomic E-state index is -0.508. The average Bonchev–Trinajstić information content (AvgIpc) is 2.78. The number of aromatic nitrogens is 2. The molecule has 1 heterocycles. The third kappa shape index (κ3) is 3.11. The molecule has 0 aliphatic rings. The Kier molecular flexibility index (Phi) is 3.82. The molecule has 1 aromatic carbocycles. The fraction of sp³-hybridized carbons (Fsp3) is 0.231. The molecule has 0 bridgehead atoms. The number of hydrogen-bond acceptors (Lipinski definition) is 4. The molecule has 0 fully saturated rings. The van der Waals surface area contributed by atoms with E-state index in [1.807, 2.05) is 24.3 Å². The largest absolute Gasteiger partial charge is 0.392 e. The number of nitrogens with zero attached hydrogens (tertiary/aromatic N) is 2. The van der Waals surface area contributed by atoms with Gasteiger partial charge in [0.1, 0.15) is 5.56 Å². The predicted octanol–water partition coefficient (Wildman–Crippen LogP) is 0.623. The first kappa shape index (κ1) is 13.1. The van der Waals surface area contributed by atoms with E-state index >= 15 is 0 Å². The summed E-state index contributed by atoms with van der Waals surface area (Å²) in [6.45, 7) is 0.558.